The van der Waals surface area contributed by atoms with E-state index in [0.29, 0.717) is 171 Å². The second-order valence-corrected chi connectivity index (χ2v) is 14.4. The smallest absolute Gasteiger partial charge is 0.407 e. The number of fused-ring (bicyclic) bond motifs is 3. The summed E-state index contributed by atoms with van der Waals surface area (Å²) in [5, 5.41) is 11.3. The molecule has 0 spiro atoms. The van der Waals surface area contributed by atoms with Gasteiger partial charge in [-0.2, -0.15) is 0 Å². The van der Waals surface area contributed by atoms with Gasteiger partial charge >= 0.3 is 18.0 Å². The van der Waals surface area contributed by atoms with E-state index in [9.17, 15) is 14.4 Å². The Labute approximate surface area is 389 Å². The third-order valence-corrected chi connectivity index (χ3v) is 9.46. The molecular formula is C47H73NO18. The number of benzene rings is 2. The van der Waals surface area contributed by atoms with Gasteiger partial charge in [-0.15, -0.1) is 0 Å². The van der Waals surface area contributed by atoms with Crippen molar-refractivity contribution >= 4 is 18.0 Å². The van der Waals surface area contributed by atoms with Gasteiger partial charge in [0.2, 0.25) is 0 Å². The Bertz CT molecular complexity index is 1470. The van der Waals surface area contributed by atoms with Crippen molar-refractivity contribution < 1.29 is 85.8 Å². The number of aliphatic carboxylic acids is 1. The quantitative estimate of drug-likeness (QED) is 0.0712. The van der Waals surface area contributed by atoms with Gasteiger partial charge in [0, 0.05) is 25.3 Å². The number of nitrogens with one attached hydrogen (secondary N) is 1. The molecule has 1 aliphatic rings. The van der Waals surface area contributed by atoms with E-state index in [-0.39, 0.29) is 44.5 Å². The minimum Gasteiger partial charge on any atom is -0.481 e. The lowest BCUT2D eigenvalue weighted by Crippen LogP contribution is -2.29. The van der Waals surface area contributed by atoms with Crippen LogP contribution in [0.4, 0.5) is 4.79 Å². The summed E-state index contributed by atoms with van der Waals surface area (Å²) in [6.45, 7) is 11.3. The van der Waals surface area contributed by atoms with Gasteiger partial charge in [-0.25, -0.2) is 4.79 Å². The number of ether oxygens (including phenoxy) is 14. The first kappa shape index (κ1) is 56.5. The van der Waals surface area contributed by atoms with Crippen molar-refractivity contribution in [2.24, 2.45) is 0 Å². The molecule has 66 heavy (non-hydrogen) atoms. The summed E-state index contributed by atoms with van der Waals surface area (Å²) in [5.41, 5.74) is 4.75. The molecule has 3 rings (SSSR count). The van der Waals surface area contributed by atoms with Crippen molar-refractivity contribution in [3.63, 3.8) is 0 Å². The third kappa shape index (κ3) is 29.0. The van der Waals surface area contributed by atoms with Crippen LogP contribution in [0.25, 0.3) is 11.1 Å². The zero-order valence-corrected chi connectivity index (χ0v) is 38.5. The molecule has 374 valence electrons. The Morgan fingerprint density at radius 3 is 1.09 bits per heavy atom. The van der Waals surface area contributed by atoms with E-state index in [1.54, 1.807) is 0 Å². The average Bonchev–Trinajstić information content (AvgIpc) is 3.64. The Balaban J connectivity index is 0.907. The van der Waals surface area contributed by atoms with Gasteiger partial charge in [-0.05, 0) is 35.1 Å². The molecule has 2 N–H and O–H groups in total. The number of hydrogen-bond donors (Lipinski definition) is 2. The van der Waals surface area contributed by atoms with Crippen molar-refractivity contribution in [3.05, 3.63) is 59.7 Å². The maximum Gasteiger partial charge on any atom is 0.407 e. The fourth-order valence-corrected chi connectivity index (χ4v) is 6.23. The molecule has 1 aliphatic carbocycles. The van der Waals surface area contributed by atoms with Crippen molar-refractivity contribution in [1.29, 1.82) is 0 Å². The van der Waals surface area contributed by atoms with Gasteiger partial charge in [-0.3, -0.25) is 9.59 Å². The average molecular weight is 940 g/mol. The number of carboxylic acid groups (broad SMARTS) is 1. The lowest BCUT2D eigenvalue weighted by atomic mass is 9.98. The molecule has 0 radical (unpaired) electrons. The molecule has 2 aromatic carbocycles. The lowest BCUT2D eigenvalue weighted by molar-refractivity contribution is -0.146. The van der Waals surface area contributed by atoms with Crippen LogP contribution in [0.3, 0.4) is 0 Å². The summed E-state index contributed by atoms with van der Waals surface area (Å²) in [4.78, 5) is 34.2. The summed E-state index contributed by atoms with van der Waals surface area (Å²) in [6, 6.07) is 16.5. The van der Waals surface area contributed by atoms with Gasteiger partial charge in [0.05, 0.1) is 159 Å². The van der Waals surface area contributed by atoms with Crippen molar-refractivity contribution in [2.45, 2.75) is 31.6 Å². The molecule has 19 heteroatoms. The van der Waals surface area contributed by atoms with E-state index in [1.165, 1.54) is 22.3 Å². The molecule has 0 fully saturated rings. The number of hydrogen-bond acceptors (Lipinski definition) is 17. The molecule has 2 aromatic rings. The molecular weight excluding hydrogens is 867 g/mol. The summed E-state index contributed by atoms with van der Waals surface area (Å²) in [6.07, 6.45) is 0.750. The first-order valence-electron chi connectivity index (χ1n) is 23.0. The van der Waals surface area contributed by atoms with Crippen LogP contribution in [0.1, 0.15) is 42.7 Å². The Morgan fingerprint density at radius 2 is 0.727 bits per heavy atom. The van der Waals surface area contributed by atoms with Crippen LogP contribution >= 0.6 is 0 Å². The molecule has 0 unspecified atom stereocenters. The number of amides is 1. The summed E-state index contributed by atoms with van der Waals surface area (Å²) < 4.78 is 76.3. The Morgan fingerprint density at radius 1 is 0.409 bits per heavy atom. The van der Waals surface area contributed by atoms with E-state index in [0.717, 1.165) is 0 Å². The summed E-state index contributed by atoms with van der Waals surface area (Å²) in [7, 11) is 0. The number of esters is 1. The first-order chi connectivity index (χ1) is 32.6. The monoisotopic (exact) mass is 939 g/mol. The summed E-state index contributed by atoms with van der Waals surface area (Å²) >= 11 is 0. The van der Waals surface area contributed by atoms with E-state index in [2.05, 4.69) is 29.6 Å². The molecule has 0 saturated carbocycles. The second kappa shape index (κ2) is 40.3. The molecule has 0 heterocycles. The number of alkyl carbamates (subject to hydrolysis) is 1. The number of carboxylic acids is 1. The fraction of sp³-hybridized carbons (Fsp3) is 0.681. The number of carbonyl (C=O) groups is 3. The van der Waals surface area contributed by atoms with Crippen LogP contribution in [-0.4, -0.2) is 201 Å². The summed E-state index contributed by atoms with van der Waals surface area (Å²) in [5.74, 6) is -1.19. The lowest BCUT2D eigenvalue weighted by Gasteiger charge is -2.14. The van der Waals surface area contributed by atoms with E-state index in [1.807, 2.05) is 24.3 Å². The van der Waals surface area contributed by atoms with Crippen LogP contribution in [0.2, 0.25) is 0 Å². The predicted molar refractivity (Wildman–Crippen MR) is 240 cm³/mol. The molecule has 0 aliphatic heterocycles. The Hall–Kier alpha value is -3.83. The highest BCUT2D eigenvalue weighted by atomic mass is 16.6. The van der Waals surface area contributed by atoms with Crippen LogP contribution in [-0.2, 0) is 75.9 Å². The molecule has 1 amide bonds. The van der Waals surface area contributed by atoms with Gasteiger partial charge in [0.15, 0.2) is 0 Å². The van der Waals surface area contributed by atoms with Gasteiger partial charge in [0.25, 0.3) is 0 Å². The van der Waals surface area contributed by atoms with Gasteiger partial charge in [0.1, 0.15) is 13.2 Å². The first-order valence-corrected chi connectivity index (χ1v) is 23.0. The maximum absolute atomic E-state index is 12.3. The zero-order valence-electron chi connectivity index (χ0n) is 38.5. The van der Waals surface area contributed by atoms with E-state index >= 15 is 0 Å². The minimum absolute atomic E-state index is 0.0279. The number of unbranched alkanes of at least 4 members (excludes halogenated alkanes) is 1. The highest BCUT2D eigenvalue weighted by molar-refractivity contribution is 5.79. The Kier molecular flexibility index (Phi) is 34.5. The highest BCUT2D eigenvalue weighted by Crippen LogP contribution is 2.44. The molecule has 0 bridgehead atoms. The molecule has 0 aromatic heterocycles. The standard InChI is InChI=1S/C47H73NO18/c49-45(50)11-5-6-12-46(51)65-38-37-64-36-35-63-34-33-62-32-31-61-30-29-60-28-27-59-26-25-58-24-23-57-22-21-56-20-19-55-18-17-54-16-15-53-14-13-48-47(52)66-39-44-42-9-3-1-7-40(42)41-8-2-4-10-43(41)44/h1-4,7-10,44H,5-6,11-39H2,(H,48,52)(H,49,50). The number of carbonyl (C=O) groups excluding carboxylic acids is 2. The maximum atomic E-state index is 12.3. The highest BCUT2D eigenvalue weighted by Gasteiger charge is 2.29. The van der Waals surface area contributed by atoms with E-state index in [4.69, 9.17) is 71.4 Å². The SMILES string of the molecule is O=C(O)CCCCC(=O)OCCOCCOCCOCCOCCOCCOCCOCCOCCOCCOCCOCCOCCNC(=O)OCC1c2ccccc2-c2ccccc21. The van der Waals surface area contributed by atoms with Crippen LogP contribution in [0.15, 0.2) is 48.5 Å². The molecule has 0 saturated heterocycles. The van der Waals surface area contributed by atoms with Crippen molar-refractivity contribution in [3.8, 4) is 11.1 Å². The third-order valence-electron chi connectivity index (χ3n) is 9.46. The van der Waals surface area contributed by atoms with Gasteiger partial charge < -0.3 is 76.7 Å². The zero-order chi connectivity index (χ0) is 46.8. The topological polar surface area (TPSA) is 213 Å². The van der Waals surface area contributed by atoms with Crippen molar-refractivity contribution in [2.75, 3.05) is 178 Å². The van der Waals surface area contributed by atoms with Crippen LogP contribution in [0.5, 0.6) is 0 Å². The van der Waals surface area contributed by atoms with Crippen molar-refractivity contribution in [1.82, 2.24) is 5.32 Å². The second-order valence-electron chi connectivity index (χ2n) is 14.4. The van der Waals surface area contributed by atoms with E-state index < -0.39 is 12.1 Å². The van der Waals surface area contributed by atoms with Crippen LogP contribution in [0, 0.1) is 0 Å². The molecule has 19 nitrogen and oxygen atoms in total. The number of rotatable bonds is 46. The predicted octanol–water partition coefficient (Wildman–Crippen LogP) is 3.91. The normalized spacial score (nSPS) is 12.0. The van der Waals surface area contributed by atoms with Gasteiger partial charge in [-0.1, -0.05) is 48.5 Å². The largest absolute Gasteiger partial charge is 0.481 e. The minimum atomic E-state index is -0.867. The fourth-order valence-electron chi connectivity index (χ4n) is 6.23. The molecule has 0 atom stereocenters. The van der Waals surface area contributed by atoms with Crippen LogP contribution < -0.4 is 5.32 Å².